The molecule has 112 valence electrons. The van der Waals surface area contributed by atoms with Gasteiger partial charge < -0.3 is 25.6 Å². The van der Waals surface area contributed by atoms with Crippen LogP contribution in [0, 0.1) is 0 Å². The van der Waals surface area contributed by atoms with Gasteiger partial charge in [0.05, 0.1) is 4.47 Å². The van der Waals surface area contributed by atoms with Gasteiger partial charge in [0, 0.05) is 25.2 Å². The molecule has 0 saturated carbocycles. The molecule has 1 aliphatic rings. The Kier molecular flexibility index (Phi) is 5.65. The van der Waals surface area contributed by atoms with Gasteiger partial charge in [-0.15, -0.1) is 0 Å². The lowest BCUT2D eigenvalue weighted by atomic mass is 10.0. The summed E-state index contributed by atoms with van der Waals surface area (Å²) in [6.45, 7) is 3.00. The Labute approximate surface area is 127 Å². The fraction of sp³-hybridized carbons (Fsp3) is 0.571. The van der Waals surface area contributed by atoms with Crippen LogP contribution in [0.1, 0.15) is 31.4 Å². The van der Waals surface area contributed by atoms with E-state index in [1.807, 2.05) is 12.1 Å². The lowest BCUT2D eigenvalue weighted by Crippen LogP contribution is -2.37. The van der Waals surface area contributed by atoms with Crippen molar-refractivity contribution in [3.63, 3.8) is 0 Å². The van der Waals surface area contributed by atoms with Gasteiger partial charge >= 0.3 is 0 Å². The number of hydrogen-bond donors (Lipinski definition) is 3. The minimum absolute atomic E-state index is 0.0253. The second-order valence-electron chi connectivity index (χ2n) is 4.81. The third-order valence-electron chi connectivity index (χ3n) is 3.49. The third kappa shape index (κ3) is 3.44. The van der Waals surface area contributed by atoms with Crippen LogP contribution in [-0.2, 0) is 0 Å². The van der Waals surface area contributed by atoms with Gasteiger partial charge in [-0.05, 0) is 46.5 Å². The average molecular weight is 345 g/mol. The topological polar surface area (TPSA) is 76.7 Å². The van der Waals surface area contributed by atoms with E-state index in [0.29, 0.717) is 6.54 Å². The number of benzene rings is 1. The Hall–Kier alpha value is -0.820. The van der Waals surface area contributed by atoms with Crippen molar-refractivity contribution in [2.45, 2.75) is 31.8 Å². The normalized spacial score (nSPS) is 16.2. The first-order valence-corrected chi connectivity index (χ1v) is 7.64. The molecular weight excluding hydrogens is 324 g/mol. The molecule has 0 aliphatic carbocycles. The summed E-state index contributed by atoms with van der Waals surface area (Å²) in [5.41, 5.74) is 6.94. The monoisotopic (exact) mass is 344 g/mol. The van der Waals surface area contributed by atoms with E-state index < -0.39 is 0 Å². The van der Waals surface area contributed by atoms with Gasteiger partial charge in [-0.1, -0.05) is 6.92 Å². The maximum absolute atomic E-state index is 9.08. The second-order valence-corrected chi connectivity index (χ2v) is 5.66. The third-order valence-corrected chi connectivity index (χ3v) is 4.08. The average Bonchev–Trinajstić information content (AvgIpc) is 2.92. The zero-order valence-corrected chi connectivity index (χ0v) is 13.1. The number of hydrogen-bond acceptors (Lipinski definition) is 5. The summed E-state index contributed by atoms with van der Waals surface area (Å²) < 4.78 is 11.7. The minimum atomic E-state index is 0.0253. The van der Waals surface area contributed by atoms with Crippen LogP contribution in [-0.4, -0.2) is 31.1 Å². The molecule has 2 atom stereocenters. The summed E-state index contributed by atoms with van der Waals surface area (Å²) in [5, 5.41) is 12.6. The van der Waals surface area contributed by atoms with Crippen molar-refractivity contribution in [3.05, 3.63) is 22.2 Å². The summed E-state index contributed by atoms with van der Waals surface area (Å²) >= 11 is 3.50. The molecule has 1 aromatic rings. The van der Waals surface area contributed by atoms with E-state index >= 15 is 0 Å². The molecule has 2 unspecified atom stereocenters. The van der Waals surface area contributed by atoms with E-state index in [2.05, 4.69) is 28.2 Å². The Morgan fingerprint density at radius 1 is 1.45 bits per heavy atom. The van der Waals surface area contributed by atoms with Crippen molar-refractivity contribution in [1.82, 2.24) is 5.32 Å². The Morgan fingerprint density at radius 2 is 2.25 bits per heavy atom. The summed E-state index contributed by atoms with van der Waals surface area (Å²) in [7, 11) is 0. The smallest absolute Gasteiger partial charge is 0.231 e. The molecule has 0 saturated heterocycles. The molecule has 0 aromatic heterocycles. The van der Waals surface area contributed by atoms with Crippen molar-refractivity contribution in [2.24, 2.45) is 5.73 Å². The van der Waals surface area contributed by atoms with E-state index in [1.165, 1.54) is 0 Å². The molecule has 20 heavy (non-hydrogen) atoms. The minimum Gasteiger partial charge on any atom is -0.454 e. The van der Waals surface area contributed by atoms with Gasteiger partial charge in [-0.25, -0.2) is 0 Å². The molecule has 0 fully saturated rings. The quantitative estimate of drug-likeness (QED) is 0.704. The van der Waals surface area contributed by atoms with Crippen molar-refractivity contribution < 1.29 is 14.6 Å². The zero-order valence-electron chi connectivity index (χ0n) is 11.6. The van der Waals surface area contributed by atoms with Crippen LogP contribution in [0.4, 0.5) is 0 Å². The summed E-state index contributed by atoms with van der Waals surface area (Å²) in [6.07, 6.45) is 1.67. The van der Waals surface area contributed by atoms with Crippen molar-refractivity contribution >= 4 is 15.9 Å². The van der Waals surface area contributed by atoms with Crippen LogP contribution in [0.2, 0.25) is 0 Å². The zero-order chi connectivity index (χ0) is 14.5. The largest absolute Gasteiger partial charge is 0.454 e. The van der Waals surface area contributed by atoms with Crippen LogP contribution in [0.15, 0.2) is 16.6 Å². The molecule has 5 nitrogen and oxygen atoms in total. The number of ether oxygens (including phenoxy) is 2. The highest BCUT2D eigenvalue weighted by Gasteiger charge is 2.22. The molecule has 4 N–H and O–H groups in total. The van der Waals surface area contributed by atoms with Gasteiger partial charge in [0.2, 0.25) is 6.79 Å². The first-order valence-electron chi connectivity index (χ1n) is 6.85. The number of nitrogens with one attached hydrogen (secondary N) is 1. The maximum Gasteiger partial charge on any atom is 0.231 e. The van der Waals surface area contributed by atoms with Gasteiger partial charge in [-0.3, -0.25) is 0 Å². The van der Waals surface area contributed by atoms with Gasteiger partial charge in [0.15, 0.2) is 11.5 Å². The highest BCUT2D eigenvalue weighted by atomic mass is 79.9. The van der Waals surface area contributed by atoms with Crippen LogP contribution in [0.25, 0.3) is 0 Å². The van der Waals surface area contributed by atoms with E-state index in [-0.39, 0.29) is 25.5 Å². The standard InChI is InChI=1S/C14H21BrN2O3/c1-2-10(3-4-18)17-12(7-16)9-5-11(15)14-13(6-9)19-8-20-14/h5-6,10,12,17-18H,2-4,7-8,16H2,1H3. The first-order chi connectivity index (χ1) is 9.69. The van der Waals surface area contributed by atoms with E-state index in [1.54, 1.807) is 0 Å². The molecule has 0 bridgehead atoms. The molecule has 1 heterocycles. The van der Waals surface area contributed by atoms with Crippen molar-refractivity contribution in [1.29, 1.82) is 0 Å². The van der Waals surface area contributed by atoms with Crippen molar-refractivity contribution in [3.8, 4) is 11.5 Å². The highest BCUT2D eigenvalue weighted by molar-refractivity contribution is 9.10. The molecule has 1 aromatic carbocycles. The van der Waals surface area contributed by atoms with Crippen LogP contribution >= 0.6 is 15.9 Å². The first kappa shape index (κ1) is 15.6. The number of fused-ring (bicyclic) bond motifs is 1. The van der Waals surface area contributed by atoms with Crippen LogP contribution in [0.3, 0.4) is 0 Å². The summed E-state index contributed by atoms with van der Waals surface area (Å²) in [5.74, 6) is 1.48. The maximum atomic E-state index is 9.08. The highest BCUT2D eigenvalue weighted by Crippen LogP contribution is 2.41. The SMILES string of the molecule is CCC(CCO)NC(CN)c1cc(Br)c2c(c1)OCO2. The molecule has 0 spiro atoms. The molecule has 0 radical (unpaired) electrons. The molecule has 6 heteroatoms. The summed E-state index contributed by atoms with van der Waals surface area (Å²) in [6, 6.07) is 4.24. The number of rotatable bonds is 7. The van der Waals surface area contributed by atoms with Gasteiger partial charge in [-0.2, -0.15) is 0 Å². The predicted molar refractivity (Wildman–Crippen MR) is 81.0 cm³/mol. The fourth-order valence-corrected chi connectivity index (χ4v) is 2.91. The van der Waals surface area contributed by atoms with Crippen LogP contribution in [0.5, 0.6) is 11.5 Å². The lowest BCUT2D eigenvalue weighted by molar-refractivity contribution is 0.173. The Morgan fingerprint density at radius 3 is 2.90 bits per heavy atom. The number of aliphatic hydroxyl groups is 1. The molecule has 0 amide bonds. The predicted octanol–water partition coefficient (Wildman–Crippen LogP) is 1.93. The fourth-order valence-electron chi connectivity index (χ4n) is 2.33. The Bertz CT molecular complexity index is 456. The van der Waals surface area contributed by atoms with Gasteiger partial charge in [0.25, 0.3) is 0 Å². The Balaban J connectivity index is 2.17. The van der Waals surface area contributed by atoms with Gasteiger partial charge in [0.1, 0.15) is 0 Å². The lowest BCUT2D eigenvalue weighted by Gasteiger charge is -2.24. The number of halogens is 1. The molecular formula is C14H21BrN2O3. The molecule has 2 rings (SSSR count). The summed E-state index contributed by atoms with van der Waals surface area (Å²) in [4.78, 5) is 0. The second kappa shape index (κ2) is 7.26. The number of aliphatic hydroxyl groups excluding tert-OH is 1. The number of nitrogens with two attached hydrogens (primary N) is 1. The van der Waals surface area contributed by atoms with E-state index in [9.17, 15) is 0 Å². The van der Waals surface area contributed by atoms with E-state index in [4.69, 9.17) is 20.3 Å². The van der Waals surface area contributed by atoms with E-state index in [0.717, 1.165) is 34.4 Å². The van der Waals surface area contributed by atoms with Crippen LogP contribution < -0.4 is 20.5 Å². The van der Waals surface area contributed by atoms with Crippen molar-refractivity contribution in [2.75, 3.05) is 19.9 Å². The molecule has 1 aliphatic heterocycles.